The molecule has 1 aliphatic carbocycles. The Morgan fingerprint density at radius 1 is 0.851 bits per heavy atom. The summed E-state index contributed by atoms with van der Waals surface area (Å²) in [6, 6.07) is -4.74. The Kier molecular flexibility index (Phi) is 17.7. The fraction of sp³-hybridized carbons (Fsp3) is 0.853. The van der Waals surface area contributed by atoms with E-state index >= 15 is 0 Å². The maximum absolute atomic E-state index is 14.4. The zero-order chi connectivity index (χ0) is 35.1. The number of rotatable bonds is 11. The van der Waals surface area contributed by atoms with Crippen molar-refractivity contribution in [1.82, 2.24) is 31.1 Å². The lowest BCUT2D eigenvalue weighted by molar-refractivity contribution is -0.145. The van der Waals surface area contributed by atoms with Gasteiger partial charge in [-0.15, -0.1) is 0 Å². The molecule has 13 heteroatoms. The summed E-state index contributed by atoms with van der Waals surface area (Å²) in [6.45, 7) is 10.5. The largest absolute Gasteiger partial charge is 0.391 e. The molecule has 0 aromatic rings. The van der Waals surface area contributed by atoms with Gasteiger partial charge >= 0.3 is 0 Å². The molecular weight excluding hydrogens is 602 g/mol. The normalized spacial score (nSPS) is 27.8. The molecule has 0 aromatic heterocycles. The minimum Gasteiger partial charge on any atom is -0.391 e. The number of carbonyl (C=O) groups excluding carboxylic acids is 5. The van der Waals surface area contributed by atoms with Gasteiger partial charge in [0.2, 0.25) is 29.5 Å². The van der Waals surface area contributed by atoms with E-state index in [1.165, 1.54) is 6.92 Å². The fourth-order valence-corrected chi connectivity index (χ4v) is 6.62. The van der Waals surface area contributed by atoms with Crippen LogP contribution in [0.5, 0.6) is 0 Å². The Morgan fingerprint density at radius 3 is 2.09 bits per heavy atom. The molecule has 13 nitrogen and oxygen atoms in total. The van der Waals surface area contributed by atoms with Gasteiger partial charge in [-0.1, -0.05) is 66.2 Å². The van der Waals surface area contributed by atoms with Crippen molar-refractivity contribution in [2.75, 3.05) is 33.2 Å². The van der Waals surface area contributed by atoms with Gasteiger partial charge in [0, 0.05) is 26.7 Å². The van der Waals surface area contributed by atoms with Gasteiger partial charge in [-0.25, -0.2) is 0 Å². The van der Waals surface area contributed by atoms with E-state index in [-0.39, 0.29) is 30.8 Å². The highest BCUT2D eigenvalue weighted by Crippen LogP contribution is 2.27. The average Bonchev–Trinajstić information content (AvgIpc) is 3.04. The summed E-state index contributed by atoms with van der Waals surface area (Å²) in [6.07, 6.45) is 7.55. The Balaban J connectivity index is 2.61. The number of nitrogens with zero attached hydrogens (tertiary/aromatic N) is 2. The van der Waals surface area contributed by atoms with Crippen molar-refractivity contribution in [3.05, 3.63) is 0 Å². The van der Waals surface area contributed by atoms with Crippen LogP contribution in [0.2, 0.25) is 0 Å². The maximum atomic E-state index is 14.4. The number of nitrogens with one attached hydrogen (secondary N) is 4. The lowest BCUT2D eigenvalue weighted by Crippen LogP contribution is -2.63. The quantitative estimate of drug-likeness (QED) is 0.189. The Hall–Kier alpha value is -2.77. The summed E-state index contributed by atoms with van der Waals surface area (Å²) in [5, 5.41) is 21.5. The summed E-state index contributed by atoms with van der Waals surface area (Å²) in [5.74, 6) is -2.45. The zero-order valence-electron chi connectivity index (χ0n) is 29.7. The summed E-state index contributed by atoms with van der Waals surface area (Å²) in [5.41, 5.74) is 5.92. The lowest BCUT2D eigenvalue weighted by atomic mass is 9.83. The molecule has 5 amide bonds. The molecule has 2 aliphatic rings. The molecule has 1 saturated carbocycles. The van der Waals surface area contributed by atoms with Crippen molar-refractivity contribution < 1.29 is 29.1 Å². The molecule has 0 unspecified atom stereocenters. The lowest BCUT2D eigenvalue weighted by Gasteiger charge is -2.38. The van der Waals surface area contributed by atoms with E-state index in [4.69, 9.17) is 5.73 Å². The van der Waals surface area contributed by atoms with Crippen LogP contribution in [-0.4, -0.2) is 114 Å². The van der Waals surface area contributed by atoms with Crippen LogP contribution in [0.25, 0.3) is 0 Å². The van der Waals surface area contributed by atoms with Gasteiger partial charge in [0.25, 0.3) is 0 Å². The van der Waals surface area contributed by atoms with Crippen LogP contribution < -0.4 is 27.0 Å². The number of hydrogen-bond acceptors (Lipinski definition) is 8. The Morgan fingerprint density at radius 2 is 1.51 bits per heavy atom. The number of unbranched alkanes of at least 4 members (excludes halogenated alkanes) is 2. The summed E-state index contributed by atoms with van der Waals surface area (Å²) >= 11 is 0. The van der Waals surface area contributed by atoms with E-state index in [9.17, 15) is 29.1 Å². The smallest absolute Gasteiger partial charge is 0.245 e. The van der Waals surface area contributed by atoms with Crippen molar-refractivity contribution in [1.29, 1.82) is 0 Å². The number of likely N-dealkylation sites (N-methyl/N-ethyl adjacent to an activating group) is 1. The van der Waals surface area contributed by atoms with Crippen LogP contribution in [0.3, 0.4) is 0 Å². The summed E-state index contributed by atoms with van der Waals surface area (Å²) in [7, 11) is 1.67. The first kappa shape index (κ1) is 40.4. The first-order chi connectivity index (χ1) is 22.4. The topological polar surface area (TPSA) is 186 Å². The highest BCUT2D eigenvalue weighted by atomic mass is 16.3. The third-order valence-electron chi connectivity index (χ3n) is 9.50. The van der Waals surface area contributed by atoms with E-state index in [0.717, 1.165) is 57.8 Å². The molecule has 1 saturated heterocycles. The van der Waals surface area contributed by atoms with Gasteiger partial charge in [0.1, 0.15) is 24.2 Å². The molecule has 6 atom stereocenters. The monoisotopic (exact) mass is 665 g/mol. The van der Waals surface area contributed by atoms with Crippen LogP contribution in [-0.2, 0) is 24.0 Å². The van der Waals surface area contributed by atoms with Crippen molar-refractivity contribution in [2.45, 2.75) is 142 Å². The molecule has 0 spiro atoms. The predicted octanol–water partition coefficient (Wildman–Crippen LogP) is 1.02. The molecule has 0 radical (unpaired) electrons. The fourth-order valence-electron chi connectivity index (χ4n) is 6.62. The second-order valence-corrected chi connectivity index (χ2v) is 13.8. The van der Waals surface area contributed by atoms with Gasteiger partial charge in [0.05, 0.1) is 12.1 Å². The second kappa shape index (κ2) is 20.6. The molecule has 1 aliphatic heterocycles. The third kappa shape index (κ3) is 12.3. The predicted molar refractivity (Wildman–Crippen MR) is 182 cm³/mol. The molecule has 0 bridgehead atoms. The summed E-state index contributed by atoms with van der Waals surface area (Å²) < 4.78 is 0. The van der Waals surface area contributed by atoms with Gasteiger partial charge in [-0.05, 0) is 57.4 Å². The van der Waals surface area contributed by atoms with Gasteiger partial charge in [0.15, 0.2) is 0 Å². The molecular formula is C34H63N7O6. The molecule has 0 aromatic carbocycles. The number of aliphatic hydroxyl groups is 1. The minimum atomic E-state index is -1.29. The molecule has 47 heavy (non-hydrogen) atoms. The highest BCUT2D eigenvalue weighted by molar-refractivity contribution is 5.96. The average molecular weight is 666 g/mol. The molecule has 270 valence electrons. The highest BCUT2D eigenvalue weighted by Gasteiger charge is 2.39. The standard InChI is InChI=1S/C34H63N7O6/c1-7-9-16-26-34(47)40(6)27(20-22(3)4)31(44)39-29(24-14-12-11-13-15-24)33(46)37-25(21-35)30(43)38-28(23(5)42)32(45)36-17-19-41(26)18-10-8-2/h22-29,42H,7-21,35H2,1-6H3,(H,36,45)(H,37,46)(H,38,43)(H,39,44)/t23-,25-,26-,27-,28-,29-/m0/s1. The van der Waals surface area contributed by atoms with Crippen LogP contribution in [0, 0.1) is 11.8 Å². The van der Waals surface area contributed by atoms with Crippen molar-refractivity contribution in [3.8, 4) is 0 Å². The van der Waals surface area contributed by atoms with E-state index in [1.54, 1.807) is 11.9 Å². The van der Waals surface area contributed by atoms with Crippen LogP contribution in [0.4, 0.5) is 0 Å². The number of carbonyl (C=O) groups is 5. The number of aliphatic hydroxyl groups excluding tert-OH is 1. The van der Waals surface area contributed by atoms with Crippen LogP contribution >= 0.6 is 0 Å². The number of hydrogen-bond donors (Lipinski definition) is 6. The number of amides is 5. The third-order valence-corrected chi connectivity index (χ3v) is 9.50. The Bertz CT molecular complexity index is 1020. The maximum Gasteiger partial charge on any atom is 0.245 e. The number of nitrogens with two attached hydrogens (primary N) is 1. The SMILES string of the molecule is CCCC[C@H]1C(=O)N(C)[C@@H](CC(C)C)C(=O)N[C@@H](C2CCCCC2)C(=O)N[C@@H](CN)C(=O)N[C@@H]([C@H](C)O)C(=O)NCCN1CCCC. The van der Waals surface area contributed by atoms with Gasteiger partial charge < -0.3 is 37.0 Å². The minimum absolute atomic E-state index is 0.0912. The van der Waals surface area contributed by atoms with Crippen molar-refractivity contribution in [3.63, 3.8) is 0 Å². The van der Waals surface area contributed by atoms with Crippen molar-refractivity contribution in [2.24, 2.45) is 17.6 Å². The molecule has 7 N–H and O–H groups in total. The van der Waals surface area contributed by atoms with Gasteiger partial charge in [-0.2, -0.15) is 0 Å². The first-order valence-corrected chi connectivity index (χ1v) is 17.9. The molecule has 1 heterocycles. The zero-order valence-corrected chi connectivity index (χ0v) is 29.7. The molecule has 2 fully saturated rings. The first-order valence-electron chi connectivity index (χ1n) is 17.9. The van der Waals surface area contributed by atoms with E-state index < -0.39 is 59.9 Å². The Labute approximate surface area is 281 Å². The van der Waals surface area contributed by atoms with Crippen LogP contribution in [0.15, 0.2) is 0 Å². The van der Waals surface area contributed by atoms with E-state index in [1.807, 2.05) is 13.8 Å². The van der Waals surface area contributed by atoms with Crippen LogP contribution in [0.1, 0.15) is 105 Å². The van der Waals surface area contributed by atoms with Crippen molar-refractivity contribution >= 4 is 29.5 Å². The van der Waals surface area contributed by atoms with E-state index in [2.05, 4.69) is 40.0 Å². The summed E-state index contributed by atoms with van der Waals surface area (Å²) in [4.78, 5) is 72.6. The second-order valence-electron chi connectivity index (χ2n) is 13.8. The van der Waals surface area contributed by atoms with E-state index in [0.29, 0.717) is 25.9 Å². The van der Waals surface area contributed by atoms with Gasteiger partial charge in [-0.3, -0.25) is 28.9 Å². The molecule has 2 rings (SSSR count).